The van der Waals surface area contributed by atoms with Crippen LogP contribution in [0.3, 0.4) is 0 Å². The van der Waals surface area contributed by atoms with E-state index in [4.69, 9.17) is 11.6 Å². The Morgan fingerprint density at radius 2 is 2.00 bits per heavy atom. The van der Waals surface area contributed by atoms with Crippen LogP contribution in [0.15, 0.2) is 6.33 Å². The Bertz CT molecular complexity index is 270. The van der Waals surface area contributed by atoms with Gasteiger partial charge < -0.3 is 9.47 Å². The molecule has 0 radical (unpaired) electrons. The summed E-state index contributed by atoms with van der Waals surface area (Å²) in [5, 5.41) is 0.629. The predicted molar refractivity (Wildman–Crippen MR) is 54.3 cm³/mol. The van der Waals surface area contributed by atoms with E-state index >= 15 is 0 Å². The number of aromatic nitrogens is 2. The van der Waals surface area contributed by atoms with Crippen molar-refractivity contribution in [3.63, 3.8) is 0 Å². The van der Waals surface area contributed by atoms with Crippen molar-refractivity contribution in [2.24, 2.45) is 7.05 Å². The third-order valence-electron chi connectivity index (χ3n) is 2.52. The fraction of sp³-hybridized carbons (Fsp3) is 0.667. The molecule has 4 heteroatoms. The lowest BCUT2D eigenvalue weighted by Gasteiger charge is -2.28. The van der Waals surface area contributed by atoms with Crippen molar-refractivity contribution in [2.45, 2.75) is 19.3 Å². The van der Waals surface area contributed by atoms with Crippen molar-refractivity contribution in [3.05, 3.63) is 11.5 Å². The minimum absolute atomic E-state index is 0.629. The lowest BCUT2D eigenvalue weighted by Crippen LogP contribution is -2.31. The molecule has 0 atom stereocenters. The lowest BCUT2D eigenvalue weighted by atomic mass is 10.1. The summed E-state index contributed by atoms with van der Waals surface area (Å²) in [6, 6.07) is 0. The molecule has 0 bridgehead atoms. The summed E-state index contributed by atoms with van der Waals surface area (Å²) in [7, 11) is 1.99. The molecular weight excluding hydrogens is 186 g/mol. The average Bonchev–Trinajstić information content (AvgIpc) is 2.48. The van der Waals surface area contributed by atoms with Crippen molar-refractivity contribution in [2.75, 3.05) is 18.0 Å². The Morgan fingerprint density at radius 1 is 1.31 bits per heavy atom. The fourth-order valence-corrected chi connectivity index (χ4v) is 2.15. The second-order valence-corrected chi connectivity index (χ2v) is 3.88. The Kier molecular flexibility index (Phi) is 2.44. The number of anilines is 1. The van der Waals surface area contributed by atoms with E-state index in [0.29, 0.717) is 5.15 Å². The molecule has 1 aromatic rings. The average molecular weight is 200 g/mol. The molecule has 0 spiro atoms. The number of hydrogen-bond acceptors (Lipinski definition) is 2. The first-order valence-electron chi connectivity index (χ1n) is 4.71. The second-order valence-electron chi connectivity index (χ2n) is 3.52. The first-order valence-corrected chi connectivity index (χ1v) is 5.08. The highest BCUT2D eigenvalue weighted by atomic mass is 35.5. The summed E-state index contributed by atoms with van der Waals surface area (Å²) in [6.45, 7) is 2.22. The van der Waals surface area contributed by atoms with E-state index in [1.54, 1.807) is 6.33 Å². The summed E-state index contributed by atoms with van der Waals surface area (Å²) in [4.78, 5) is 6.40. The van der Waals surface area contributed by atoms with Crippen LogP contribution in [0.5, 0.6) is 0 Å². The maximum atomic E-state index is 6.00. The van der Waals surface area contributed by atoms with E-state index in [2.05, 4.69) is 9.88 Å². The monoisotopic (exact) mass is 199 g/mol. The van der Waals surface area contributed by atoms with Gasteiger partial charge in [-0.25, -0.2) is 4.98 Å². The zero-order valence-corrected chi connectivity index (χ0v) is 8.59. The van der Waals surface area contributed by atoms with Crippen LogP contribution in [0.2, 0.25) is 5.15 Å². The number of aryl methyl sites for hydroxylation is 1. The summed E-state index contributed by atoms with van der Waals surface area (Å²) in [5.74, 6) is 1.07. The van der Waals surface area contributed by atoms with E-state index in [-0.39, 0.29) is 0 Å². The number of imidazole rings is 1. The molecular formula is C9H14ClN3. The second kappa shape index (κ2) is 3.58. The van der Waals surface area contributed by atoms with Gasteiger partial charge in [-0.05, 0) is 19.3 Å². The molecule has 1 aliphatic rings. The van der Waals surface area contributed by atoms with Crippen molar-refractivity contribution < 1.29 is 0 Å². The molecule has 1 aliphatic heterocycles. The molecule has 2 rings (SSSR count). The first-order chi connectivity index (χ1) is 6.29. The van der Waals surface area contributed by atoms with Crippen LogP contribution < -0.4 is 4.90 Å². The van der Waals surface area contributed by atoms with E-state index in [1.807, 2.05) is 11.6 Å². The Morgan fingerprint density at radius 3 is 2.54 bits per heavy atom. The third-order valence-corrected chi connectivity index (χ3v) is 2.79. The maximum Gasteiger partial charge on any atom is 0.171 e. The van der Waals surface area contributed by atoms with Gasteiger partial charge in [0.05, 0.1) is 6.33 Å². The van der Waals surface area contributed by atoms with Gasteiger partial charge in [-0.1, -0.05) is 11.6 Å². The van der Waals surface area contributed by atoms with E-state index in [1.165, 1.54) is 19.3 Å². The van der Waals surface area contributed by atoms with Gasteiger partial charge in [-0.3, -0.25) is 0 Å². The fourth-order valence-electron chi connectivity index (χ4n) is 1.85. The quantitative estimate of drug-likeness (QED) is 0.691. The van der Waals surface area contributed by atoms with Crippen LogP contribution in [0.25, 0.3) is 0 Å². The molecule has 0 aliphatic carbocycles. The zero-order valence-electron chi connectivity index (χ0n) is 7.83. The molecule has 0 N–H and O–H groups in total. The first kappa shape index (κ1) is 8.88. The molecule has 0 amide bonds. The van der Waals surface area contributed by atoms with Crippen molar-refractivity contribution in [3.8, 4) is 0 Å². The molecule has 72 valence electrons. The molecule has 1 aromatic heterocycles. The largest absolute Gasteiger partial charge is 0.355 e. The number of piperidine rings is 1. The van der Waals surface area contributed by atoms with Crippen LogP contribution in [0, 0.1) is 0 Å². The van der Waals surface area contributed by atoms with Gasteiger partial charge in [-0.15, -0.1) is 0 Å². The van der Waals surface area contributed by atoms with Crippen LogP contribution in [0.1, 0.15) is 19.3 Å². The summed E-state index contributed by atoms with van der Waals surface area (Å²) >= 11 is 6.00. The standard InChI is InChI=1S/C9H14ClN3/c1-12-7-11-8(10)9(12)13-5-3-2-4-6-13/h7H,2-6H2,1H3. The van der Waals surface area contributed by atoms with Crippen molar-refractivity contribution >= 4 is 17.4 Å². The smallest absolute Gasteiger partial charge is 0.171 e. The summed E-state index contributed by atoms with van der Waals surface area (Å²) in [5.41, 5.74) is 0. The Hall–Kier alpha value is -0.700. The van der Waals surface area contributed by atoms with Crippen LogP contribution in [-0.2, 0) is 7.05 Å². The molecule has 0 saturated carbocycles. The molecule has 1 saturated heterocycles. The van der Waals surface area contributed by atoms with E-state index in [0.717, 1.165) is 18.9 Å². The predicted octanol–water partition coefficient (Wildman–Crippen LogP) is 2.06. The summed E-state index contributed by atoms with van der Waals surface area (Å²) < 4.78 is 1.99. The van der Waals surface area contributed by atoms with Gasteiger partial charge in [0, 0.05) is 20.1 Å². The maximum absolute atomic E-state index is 6.00. The number of nitrogens with zero attached hydrogens (tertiary/aromatic N) is 3. The van der Waals surface area contributed by atoms with Gasteiger partial charge in [0.25, 0.3) is 0 Å². The normalized spacial score (nSPS) is 17.8. The highest BCUT2D eigenvalue weighted by Gasteiger charge is 2.17. The molecule has 0 unspecified atom stereocenters. The van der Waals surface area contributed by atoms with E-state index < -0.39 is 0 Å². The molecule has 3 nitrogen and oxygen atoms in total. The Labute approximate surface area is 83.3 Å². The summed E-state index contributed by atoms with van der Waals surface area (Å²) in [6.07, 6.45) is 5.64. The van der Waals surface area contributed by atoms with E-state index in [9.17, 15) is 0 Å². The number of hydrogen-bond donors (Lipinski definition) is 0. The number of rotatable bonds is 1. The van der Waals surface area contributed by atoms with Crippen LogP contribution >= 0.6 is 11.6 Å². The molecule has 2 heterocycles. The molecule has 13 heavy (non-hydrogen) atoms. The van der Waals surface area contributed by atoms with Crippen molar-refractivity contribution in [1.82, 2.24) is 9.55 Å². The zero-order chi connectivity index (χ0) is 9.26. The third kappa shape index (κ3) is 1.66. The minimum Gasteiger partial charge on any atom is -0.355 e. The Balaban J connectivity index is 2.22. The topological polar surface area (TPSA) is 21.1 Å². The van der Waals surface area contributed by atoms with Crippen LogP contribution in [0.4, 0.5) is 5.82 Å². The lowest BCUT2D eigenvalue weighted by molar-refractivity contribution is 0.567. The van der Waals surface area contributed by atoms with Gasteiger partial charge in [0.15, 0.2) is 5.15 Å². The number of halogens is 1. The molecule has 0 aromatic carbocycles. The van der Waals surface area contributed by atoms with Gasteiger partial charge in [0.1, 0.15) is 5.82 Å². The SMILES string of the molecule is Cn1cnc(Cl)c1N1CCCCC1. The van der Waals surface area contributed by atoms with Crippen molar-refractivity contribution in [1.29, 1.82) is 0 Å². The highest BCUT2D eigenvalue weighted by Crippen LogP contribution is 2.26. The highest BCUT2D eigenvalue weighted by molar-refractivity contribution is 6.31. The molecule has 1 fully saturated rings. The minimum atomic E-state index is 0.629. The van der Waals surface area contributed by atoms with Gasteiger partial charge >= 0.3 is 0 Å². The van der Waals surface area contributed by atoms with Crippen LogP contribution in [-0.4, -0.2) is 22.6 Å². The van der Waals surface area contributed by atoms with Gasteiger partial charge in [0.2, 0.25) is 0 Å². The van der Waals surface area contributed by atoms with Gasteiger partial charge in [-0.2, -0.15) is 0 Å².